The molecule has 0 radical (unpaired) electrons. The van der Waals surface area contributed by atoms with Crippen LogP contribution >= 0.6 is 0 Å². The van der Waals surface area contributed by atoms with Crippen molar-refractivity contribution in [2.45, 2.75) is 71.8 Å². The summed E-state index contributed by atoms with van der Waals surface area (Å²) in [6.07, 6.45) is 0.104. The van der Waals surface area contributed by atoms with Crippen molar-refractivity contribution in [1.29, 1.82) is 5.26 Å². The molecular formula is C31H37NO7S. The van der Waals surface area contributed by atoms with Gasteiger partial charge in [-0.3, -0.25) is 4.79 Å². The van der Waals surface area contributed by atoms with Crippen LogP contribution in [0.2, 0.25) is 0 Å². The van der Waals surface area contributed by atoms with Crippen LogP contribution < -0.4 is 4.74 Å². The van der Waals surface area contributed by atoms with Crippen molar-refractivity contribution >= 4 is 21.8 Å². The molecule has 0 aromatic heterocycles. The second kappa shape index (κ2) is 11.1. The molecule has 3 rings (SSSR count). The maximum atomic E-state index is 13.4. The largest absolute Gasteiger partial charge is 0.457 e. The molecule has 1 aliphatic rings. The Hall–Kier alpha value is -3.64. The summed E-state index contributed by atoms with van der Waals surface area (Å²) in [5.74, 6) is -1.93. The van der Waals surface area contributed by atoms with E-state index in [0.717, 1.165) is 0 Å². The number of para-hydroxylation sites is 1. The predicted octanol–water partition coefficient (Wildman–Crippen LogP) is 6.30. The summed E-state index contributed by atoms with van der Waals surface area (Å²) in [5.41, 5.74) is -1.20. The number of hydrogen-bond acceptors (Lipinski definition) is 8. The van der Waals surface area contributed by atoms with Crippen molar-refractivity contribution in [1.82, 2.24) is 0 Å². The summed E-state index contributed by atoms with van der Waals surface area (Å²) in [6, 6.07) is 17.8. The van der Waals surface area contributed by atoms with E-state index in [9.17, 15) is 23.3 Å². The van der Waals surface area contributed by atoms with Gasteiger partial charge in [0, 0.05) is 5.56 Å². The van der Waals surface area contributed by atoms with Gasteiger partial charge in [-0.2, -0.15) is 5.26 Å². The second-order valence-corrected chi connectivity index (χ2v) is 15.1. The van der Waals surface area contributed by atoms with E-state index in [1.165, 1.54) is 26.8 Å². The molecule has 0 unspecified atom stereocenters. The summed E-state index contributed by atoms with van der Waals surface area (Å²) in [5, 5.41) is 9.81. The topological polar surface area (TPSA) is 120 Å². The summed E-state index contributed by atoms with van der Waals surface area (Å²) < 4.78 is 42.3. The first-order valence-electron chi connectivity index (χ1n) is 13.0. The second-order valence-electron chi connectivity index (χ2n) is 12.4. The van der Waals surface area contributed by atoms with Crippen molar-refractivity contribution in [2.24, 2.45) is 17.3 Å². The number of nitrogens with zero attached hydrogens (tertiary/aromatic N) is 1. The van der Waals surface area contributed by atoms with Gasteiger partial charge in [0.1, 0.15) is 28.1 Å². The van der Waals surface area contributed by atoms with Crippen molar-refractivity contribution in [3.63, 3.8) is 0 Å². The van der Waals surface area contributed by atoms with Gasteiger partial charge in [-0.05, 0) is 77.1 Å². The van der Waals surface area contributed by atoms with E-state index in [4.69, 9.17) is 14.2 Å². The summed E-state index contributed by atoms with van der Waals surface area (Å²) in [6.45, 7) is 13.0. The number of allylic oxidation sites excluding steroid dienone is 1. The van der Waals surface area contributed by atoms with Crippen LogP contribution in [0.4, 0.5) is 0 Å². The molecule has 1 fully saturated rings. The van der Waals surface area contributed by atoms with Gasteiger partial charge >= 0.3 is 11.9 Å². The average Bonchev–Trinajstić information content (AvgIpc) is 3.39. The van der Waals surface area contributed by atoms with Crippen LogP contribution in [0.5, 0.6) is 11.5 Å². The van der Waals surface area contributed by atoms with Gasteiger partial charge < -0.3 is 14.2 Å². The Balaban J connectivity index is 1.86. The quantitative estimate of drug-likeness (QED) is 0.269. The van der Waals surface area contributed by atoms with Crippen LogP contribution in [0.1, 0.15) is 67.1 Å². The molecule has 40 heavy (non-hydrogen) atoms. The highest BCUT2D eigenvalue weighted by Crippen LogP contribution is 2.60. The minimum atomic E-state index is -4.10. The van der Waals surface area contributed by atoms with Gasteiger partial charge in [-0.15, -0.1) is 0 Å². The lowest BCUT2D eigenvalue weighted by Crippen LogP contribution is -2.35. The fraction of sp³-hybridized carbons (Fsp3) is 0.452. The molecule has 214 valence electrons. The predicted molar refractivity (Wildman–Crippen MR) is 151 cm³/mol. The average molecular weight is 568 g/mol. The molecule has 3 atom stereocenters. The number of carbonyl (C=O) groups is 2. The lowest BCUT2D eigenvalue weighted by Gasteiger charge is -2.24. The summed E-state index contributed by atoms with van der Waals surface area (Å²) in [4.78, 5) is 25.8. The molecule has 0 aliphatic heterocycles. The van der Waals surface area contributed by atoms with E-state index in [0.29, 0.717) is 17.1 Å². The van der Waals surface area contributed by atoms with E-state index in [1.54, 1.807) is 71.0 Å². The Morgan fingerprint density at radius 3 is 2.12 bits per heavy atom. The number of esters is 2. The van der Waals surface area contributed by atoms with E-state index < -0.39 is 60.4 Å². The highest BCUT2D eigenvalue weighted by Gasteiger charge is 2.62. The summed E-state index contributed by atoms with van der Waals surface area (Å²) >= 11 is 0. The van der Waals surface area contributed by atoms with E-state index in [-0.39, 0.29) is 0 Å². The number of rotatable bonds is 8. The Kier molecular flexibility index (Phi) is 8.56. The Morgan fingerprint density at radius 1 is 0.975 bits per heavy atom. The molecule has 0 amide bonds. The van der Waals surface area contributed by atoms with Crippen LogP contribution in [0, 0.1) is 28.6 Å². The first-order valence-corrected chi connectivity index (χ1v) is 14.5. The molecule has 1 saturated carbocycles. The smallest absolute Gasteiger partial charge is 0.349 e. The van der Waals surface area contributed by atoms with Crippen molar-refractivity contribution in [3.05, 3.63) is 71.1 Å². The van der Waals surface area contributed by atoms with Gasteiger partial charge in [0.05, 0.1) is 10.7 Å². The van der Waals surface area contributed by atoms with E-state index in [1.807, 2.05) is 24.3 Å². The maximum absolute atomic E-state index is 13.4. The third-order valence-electron chi connectivity index (χ3n) is 6.68. The van der Waals surface area contributed by atoms with Gasteiger partial charge in [0.15, 0.2) is 9.84 Å². The number of carbonyl (C=O) groups excluding carboxylic acids is 2. The minimum absolute atomic E-state index is 0.430. The Morgan fingerprint density at radius 2 is 1.57 bits per heavy atom. The zero-order valence-electron chi connectivity index (χ0n) is 24.2. The standard InChI is InChI=1S/C31H37NO7S/c1-29(2,3)39-27(33)25(40(35,36)30(4,5)6)18-23-26(31(23,7)8)28(34)38-24(19-32)20-13-12-16-22(17-20)37-21-14-10-9-11-15-21/h9-18,23-24,26H,1-8H3/t23-,24+,26-/m0/s1. The zero-order chi connectivity index (χ0) is 30.1. The maximum Gasteiger partial charge on any atom is 0.349 e. The minimum Gasteiger partial charge on any atom is -0.457 e. The van der Waals surface area contributed by atoms with Crippen LogP contribution in [0.15, 0.2) is 65.6 Å². The van der Waals surface area contributed by atoms with Crippen molar-refractivity contribution in [3.8, 4) is 17.6 Å². The van der Waals surface area contributed by atoms with Crippen molar-refractivity contribution in [2.75, 3.05) is 0 Å². The first-order chi connectivity index (χ1) is 18.4. The molecule has 2 aromatic rings. The van der Waals surface area contributed by atoms with Crippen LogP contribution in [0.25, 0.3) is 0 Å². The Bertz CT molecular complexity index is 1440. The molecule has 1 aliphatic carbocycles. The fourth-order valence-corrected chi connectivity index (χ4v) is 5.50. The molecule has 0 saturated heterocycles. The highest BCUT2D eigenvalue weighted by atomic mass is 32.2. The van der Waals surface area contributed by atoms with Crippen LogP contribution in [0.3, 0.4) is 0 Å². The monoisotopic (exact) mass is 567 g/mol. The van der Waals surface area contributed by atoms with E-state index in [2.05, 4.69) is 0 Å². The molecule has 0 bridgehead atoms. The third kappa shape index (κ3) is 6.92. The highest BCUT2D eigenvalue weighted by molar-refractivity contribution is 7.97. The lowest BCUT2D eigenvalue weighted by atomic mass is 10.1. The Labute approximate surface area is 236 Å². The van der Waals surface area contributed by atoms with Gasteiger partial charge in [-0.25, -0.2) is 13.2 Å². The molecule has 0 N–H and O–H groups in total. The molecule has 8 nitrogen and oxygen atoms in total. The van der Waals surface area contributed by atoms with Gasteiger partial charge in [0.2, 0.25) is 6.10 Å². The van der Waals surface area contributed by atoms with Gasteiger partial charge in [0.25, 0.3) is 0 Å². The van der Waals surface area contributed by atoms with Crippen LogP contribution in [-0.2, 0) is 28.9 Å². The van der Waals surface area contributed by atoms with Gasteiger partial charge in [-0.1, -0.05) is 50.3 Å². The molecule has 0 heterocycles. The zero-order valence-corrected chi connectivity index (χ0v) is 25.0. The number of hydrogen-bond donors (Lipinski definition) is 0. The number of sulfone groups is 1. The SMILES string of the molecule is CC(C)(C)OC(=O)C(=C[C@H]1[C@@H](C(=O)O[C@H](C#N)c2cccc(Oc3ccccc3)c2)C1(C)C)S(=O)(=O)C(C)(C)C. The molecule has 0 spiro atoms. The van der Waals surface area contributed by atoms with Crippen molar-refractivity contribution < 1.29 is 32.2 Å². The first kappa shape index (κ1) is 30.9. The van der Waals surface area contributed by atoms with E-state index >= 15 is 0 Å². The fourth-order valence-electron chi connectivity index (χ4n) is 4.25. The third-order valence-corrected chi connectivity index (χ3v) is 9.18. The normalized spacial score (nSPS) is 19.6. The number of benzene rings is 2. The van der Waals surface area contributed by atoms with Crippen LogP contribution in [-0.4, -0.2) is 30.7 Å². The summed E-state index contributed by atoms with van der Waals surface area (Å²) in [7, 11) is -4.10. The lowest BCUT2D eigenvalue weighted by molar-refractivity contribution is -0.150. The molecular weight excluding hydrogens is 530 g/mol. The number of ether oxygens (including phenoxy) is 3. The number of nitriles is 1. The molecule has 2 aromatic carbocycles. The molecule has 9 heteroatoms.